The Kier molecular flexibility index (Phi) is 5.25. The number of amides is 2. The summed E-state index contributed by atoms with van der Waals surface area (Å²) in [6.07, 6.45) is 0. The minimum absolute atomic E-state index is 0.270. The molecule has 0 aromatic heterocycles. The lowest BCUT2D eigenvalue weighted by atomic mass is 10.1. The number of hydrogen-bond acceptors (Lipinski definition) is 3. The molecule has 0 bridgehead atoms. The van der Waals surface area contributed by atoms with Gasteiger partial charge in [0.25, 0.3) is 0 Å². The fourth-order valence-electron chi connectivity index (χ4n) is 2.09. The lowest BCUT2D eigenvalue weighted by Crippen LogP contribution is -2.28. The van der Waals surface area contributed by atoms with E-state index in [-0.39, 0.29) is 6.03 Å². The first-order chi connectivity index (χ1) is 10.6. The SMILES string of the molecule is COc1ccc(NC(=O)NCc2cccc(C)c2)cc1OC. The number of aryl methyl sites for hydroxylation is 1. The molecule has 0 aliphatic rings. The van der Waals surface area contributed by atoms with Gasteiger partial charge in [-0.3, -0.25) is 0 Å². The first-order valence-corrected chi connectivity index (χ1v) is 6.95. The number of rotatable bonds is 5. The van der Waals surface area contributed by atoms with Crippen LogP contribution < -0.4 is 20.1 Å². The van der Waals surface area contributed by atoms with Crippen molar-refractivity contribution in [3.8, 4) is 11.5 Å². The van der Waals surface area contributed by atoms with Crippen LogP contribution in [0.5, 0.6) is 11.5 Å². The summed E-state index contributed by atoms with van der Waals surface area (Å²) in [7, 11) is 3.12. The minimum Gasteiger partial charge on any atom is -0.493 e. The summed E-state index contributed by atoms with van der Waals surface area (Å²) in [4.78, 5) is 11.9. The van der Waals surface area contributed by atoms with Crippen molar-refractivity contribution < 1.29 is 14.3 Å². The number of ether oxygens (including phenoxy) is 2. The highest BCUT2D eigenvalue weighted by Gasteiger charge is 2.07. The van der Waals surface area contributed by atoms with E-state index in [0.29, 0.717) is 23.7 Å². The first kappa shape index (κ1) is 15.7. The summed E-state index contributed by atoms with van der Waals surface area (Å²) in [6.45, 7) is 2.49. The zero-order valence-corrected chi connectivity index (χ0v) is 13.0. The Labute approximate surface area is 130 Å². The lowest BCUT2D eigenvalue weighted by molar-refractivity contribution is 0.251. The van der Waals surface area contributed by atoms with Crippen molar-refractivity contribution in [2.24, 2.45) is 0 Å². The van der Waals surface area contributed by atoms with Crippen LogP contribution in [0.25, 0.3) is 0 Å². The molecule has 2 N–H and O–H groups in total. The van der Waals surface area contributed by atoms with Crippen molar-refractivity contribution in [2.75, 3.05) is 19.5 Å². The number of benzene rings is 2. The Hall–Kier alpha value is -2.69. The topological polar surface area (TPSA) is 59.6 Å². The molecule has 2 rings (SSSR count). The standard InChI is InChI=1S/C17H20N2O3/c1-12-5-4-6-13(9-12)11-18-17(20)19-14-7-8-15(21-2)16(10-14)22-3/h4-10H,11H2,1-3H3,(H2,18,19,20). The average molecular weight is 300 g/mol. The van der Waals surface area contributed by atoms with Gasteiger partial charge in [0.1, 0.15) is 0 Å². The van der Waals surface area contributed by atoms with Gasteiger partial charge in [0.15, 0.2) is 11.5 Å². The van der Waals surface area contributed by atoms with E-state index >= 15 is 0 Å². The maximum absolute atomic E-state index is 11.9. The van der Waals surface area contributed by atoms with Crippen molar-refractivity contribution in [2.45, 2.75) is 13.5 Å². The summed E-state index contributed by atoms with van der Waals surface area (Å²) < 4.78 is 10.4. The maximum atomic E-state index is 11.9. The molecule has 2 aromatic rings. The zero-order chi connectivity index (χ0) is 15.9. The molecule has 0 atom stereocenters. The van der Waals surface area contributed by atoms with Gasteiger partial charge in [0.2, 0.25) is 0 Å². The van der Waals surface area contributed by atoms with Crippen molar-refractivity contribution in [3.63, 3.8) is 0 Å². The number of methoxy groups -OCH3 is 2. The van der Waals surface area contributed by atoms with Crippen LogP contribution in [0.4, 0.5) is 10.5 Å². The number of urea groups is 1. The Morgan fingerprint density at radius 3 is 2.50 bits per heavy atom. The van der Waals surface area contributed by atoms with Crippen LogP contribution in [-0.4, -0.2) is 20.3 Å². The molecular weight excluding hydrogens is 280 g/mol. The van der Waals surface area contributed by atoms with Crippen LogP contribution in [0.15, 0.2) is 42.5 Å². The molecule has 0 heterocycles. The third kappa shape index (κ3) is 4.15. The van der Waals surface area contributed by atoms with Crippen molar-refractivity contribution in [3.05, 3.63) is 53.6 Å². The third-order valence-corrected chi connectivity index (χ3v) is 3.18. The van der Waals surface area contributed by atoms with Gasteiger partial charge in [-0.1, -0.05) is 29.8 Å². The second kappa shape index (κ2) is 7.36. The Morgan fingerprint density at radius 2 is 1.82 bits per heavy atom. The summed E-state index contributed by atoms with van der Waals surface area (Å²) in [5.74, 6) is 1.19. The average Bonchev–Trinajstić information content (AvgIpc) is 2.53. The van der Waals surface area contributed by atoms with Crippen LogP contribution >= 0.6 is 0 Å². The first-order valence-electron chi connectivity index (χ1n) is 6.95. The Balaban J connectivity index is 1.94. The molecule has 0 fully saturated rings. The van der Waals surface area contributed by atoms with Gasteiger partial charge in [-0.05, 0) is 24.6 Å². The predicted octanol–water partition coefficient (Wildman–Crippen LogP) is 3.33. The zero-order valence-electron chi connectivity index (χ0n) is 13.0. The van der Waals surface area contributed by atoms with E-state index in [4.69, 9.17) is 9.47 Å². The van der Waals surface area contributed by atoms with Gasteiger partial charge in [0.05, 0.1) is 14.2 Å². The second-order valence-corrected chi connectivity index (χ2v) is 4.87. The van der Waals surface area contributed by atoms with Gasteiger partial charge in [-0.2, -0.15) is 0 Å². The van der Waals surface area contributed by atoms with Crippen molar-refractivity contribution in [1.29, 1.82) is 0 Å². The maximum Gasteiger partial charge on any atom is 0.319 e. The molecule has 0 aliphatic carbocycles. The number of anilines is 1. The fraction of sp³-hybridized carbons (Fsp3) is 0.235. The highest BCUT2D eigenvalue weighted by atomic mass is 16.5. The molecule has 116 valence electrons. The third-order valence-electron chi connectivity index (χ3n) is 3.18. The van der Waals surface area contributed by atoms with E-state index in [1.807, 2.05) is 31.2 Å². The summed E-state index contributed by atoms with van der Waals surface area (Å²) in [5, 5.41) is 5.59. The lowest BCUT2D eigenvalue weighted by Gasteiger charge is -2.11. The Morgan fingerprint density at radius 1 is 1.05 bits per heavy atom. The smallest absolute Gasteiger partial charge is 0.319 e. The van der Waals surface area contributed by atoms with Gasteiger partial charge in [0, 0.05) is 18.3 Å². The molecule has 2 aromatic carbocycles. The molecule has 0 unspecified atom stereocenters. The monoisotopic (exact) mass is 300 g/mol. The fourth-order valence-corrected chi connectivity index (χ4v) is 2.09. The van der Waals surface area contributed by atoms with Gasteiger partial charge in [-0.15, -0.1) is 0 Å². The van der Waals surface area contributed by atoms with Crippen LogP contribution in [0.3, 0.4) is 0 Å². The van der Waals surface area contributed by atoms with E-state index in [2.05, 4.69) is 10.6 Å². The molecule has 0 saturated carbocycles. The number of carbonyl (C=O) groups is 1. The molecule has 0 aliphatic heterocycles. The van der Waals surface area contributed by atoms with Crippen LogP contribution in [0.1, 0.15) is 11.1 Å². The number of carbonyl (C=O) groups excluding carboxylic acids is 1. The van der Waals surface area contributed by atoms with Crippen molar-refractivity contribution in [1.82, 2.24) is 5.32 Å². The minimum atomic E-state index is -0.270. The quantitative estimate of drug-likeness (QED) is 0.890. The molecule has 5 nitrogen and oxygen atoms in total. The highest BCUT2D eigenvalue weighted by Crippen LogP contribution is 2.29. The molecule has 0 radical (unpaired) electrons. The molecule has 22 heavy (non-hydrogen) atoms. The summed E-state index contributed by atoms with van der Waals surface area (Å²) >= 11 is 0. The molecule has 2 amide bonds. The van der Waals surface area contributed by atoms with Gasteiger partial charge in [-0.25, -0.2) is 4.79 Å². The largest absolute Gasteiger partial charge is 0.493 e. The van der Waals surface area contributed by atoms with E-state index in [1.54, 1.807) is 32.4 Å². The van der Waals surface area contributed by atoms with Gasteiger partial charge < -0.3 is 20.1 Å². The van der Waals surface area contributed by atoms with E-state index in [1.165, 1.54) is 5.56 Å². The molecule has 0 saturated heterocycles. The van der Waals surface area contributed by atoms with Gasteiger partial charge >= 0.3 is 6.03 Å². The summed E-state index contributed by atoms with van der Waals surface area (Å²) in [6, 6.07) is 13.0. The van der Waals surface area contributed by atoms with Crippen LogP contribution in [-0.2, 0) is 6.54 Å². The van der Waals surface area contributed by atoms with Crippen molar-refractivity contribution >= 4 is 11.7 Å². The Bertz CT molecular complexity index is 656. The van der Waals surface area contributed by atoms with Crippen LogP contribution in [0, 0.1) is 6.92 Å². The van der Waals surface area contributed by atoms with Crippen LogP contribution in [0.2, 0.25) is 0 Å². The summed E-state index contributed by atoms with van der Waals surface area (Å²) in [5.41, 5.74) is 2.86. The number of nitrogens with one attached hydrogen (secondary N) is 2. The second-order valence-electron chi connectivity index (χ2n) is 4.87. The van der Waals surface area contributed by atoms with E-state index in [0.717, 1.165) is 5.56 Å². The highest BCUT2D eigenvalue weighted by molar-refractivity contribution is 5.89. The molecule has 5 heteroatoms. The molecular formula is C17H20N2O3. The normalized spacial score (nSPS) is 9.95. The van der Waals surface area contributed by atoms with E-state index in [9.17, 15) is 4.79 Å². The molecule has 0 spiro atoms. The van der Waals surface area contributed by atoms with E-state index < -0.39 is 0 Å². The number of hydrogen-bond donors (Lipinski definition) is 2. The predicted molar refractivity (Wildman–Crippen MR) is 86.6 cm³/mol.